The van der Waals surface area contributed by atoms with Crippen LogP contribution in [0.3, 0.4) is 0 Å². The molecular formula is C23H30F5NO2S. The Balaban J connectivity index is 2.18. The van der Waals surface area contributed by atoms with Crippen LogP contribution in [0.4, 0.5) is 19.4 Å². The van der Waals surface area contributed by atoms with Gasteiger partial charge in [0.15, 0.2) is 0 Å². The lowest BCUT2D eigenvalue weighted by Crippen LogP contribution is -2.29. The highest BCUT2D eigenvalue weighted by molar-refractivity contribution is 8.45. The van der Waals surface area contributed by atoms with Gasteiger partial charge in [-0.1, -0.05) is 66.2 Å². The van der Waals surface area contributed by atoms with Gasteiger partial charge in [-0.25, -0.2) is 0 Å². The lowest BCUT2D eigenvalue weighted by Gasteiger charge is -2.40. The summed E-state index contributed by atoms with van der Waals surface area (Å²) in [4.78, 5) is 2.78. The molecule has 2 unspecified atom stereocenters. The number of hydrogen-bond donors (Lipinski definition) is 2. The molecule has 2 atom stereocenters. The molecule has 180 valence electrons. The second kappa shape index (κ2) is 7.14. The van der Waals surface area contributed by atoms with E-state index in [1.54, 1.807) is 0 Å². The highest BCUT2D eigenvalue weighted by Crippen LogP contribution is 3.02. The Labute approximate surface area is 185 Å². The van der Waals surface area contributed by atoms with Crippen LogP contribution in [-0.2, 0) is 12.8 Å². The molecule has 32 heavy (non-hydrogen) atoms. The first-order valence-electron chi connectivity index (χ1n) is 10.6. The van der Waals surface area contributed by atoms with Gasteiger partial charge in [0.25, 0.3) is 0 Å². The molecule has 1 heterocycles. The van der Waals surface area contributed by atoms with Crippen molar-refractivity contribution in [3.63, 3.8) is 0 Å². The molecule has 0 aliphatic heterocycles. The first kappa shape index (κ1) is 24.9. The Morgan fingerprint density at radius 2 is 1.66 bits per heavy atom. The van der Waals surface area contributed by atoms with E-state index in [4.69, 9.17) is 4.98 Å². The van der Waals surface area contributed by atoms with E-state index in [9.17, 15) is 29.6 Å². The molecule has 1 aliphatic carbocycles. The molecule has 9 heteroatoms. The molecule has 1 aromatic carbocycles. The number of rotatable bonds is 5. The number of hydrogen-bond acceptors (Lipinski definition) is 3. The summed E-state index contributed by atoms with van der Waals surface area (Å²) in [5.74, 6) is -0.110. The van der Waals surface area contributed by atoms with Crippen LogP contribution < -0.4 is 0 Å². The minimum atomic E-state index is -9.80. The zero-order chi connectivity index (χ0) is 24.3. The van der Waals surface area contributed by atoms with E-state index in [2.05, 4.69) is 0 Å². The fourth-order valence-corrected chi connectivity index (χ4v) is 5.27. The summed E-state index contributed by atoms with van der Waals surface area (Å²) >= 11 is 0. The van der Waals surface area contributed by atoms with Gasteiger partial charge in [-0.2, -0.15) is 0 Å². The summed E-state index contributed by atoms with van der Waals surface area (Å²) in [5.41, 5.74) is 3.07. The van der Waals surface area contributed by atoms with Crippen LogP contribution in [0, 0.1) is 5.41 Å². The molecule has 2 aromatic rings. The van der Waals surface area contributed by atoms with Crippen LogP contribution in [0.15, 0.2) is 29.2 Å². The number of aliphatic hydroxyl groups excluding tert-OH is 2. The van der Waals surface area contributed by atoms with Gasteiger partial charge in [0.2, 0.25) is 0 Å². The highest BCUT2D eigenvalue weighted by Gasteiger charge is 2.65. The number of fused-ring (bicyclic) bond motifs is 1. The maximum atomic E-state index is 13.1. The second-order valence-corrected chi connectivity index (χ2v) is 12.2. The largest absolute Gasteiger partial charge is 0.388 e. The Morgan fingerprint density at radius 1 is 1.09 bits per heavy atom. The van der Waals surface area contributed by atoms with E-state index in [1.807, 2.05) is 34.6 Å². The van der Waals surface area contributed by atoms with Crippen LogP contribution >= 0.6 is 10.2 Å². The maximum Gasteiger partial charge on any atom is 0.310 e. The molecule has 0 bridgehead atoms. The molecule has 3 rings (SSSR count). The van der Waals surface area contributed by atoms with Crippen molar-refractivity contribution in [1.82, 2.24) is 4.98 Å². The lowest BCUT2D eigenvalue weighted by atomic mass is 9.72. The van der Waals surface area contributed by atoms with E-state index in [1.165, 1.54) is 0 Å². The molecule has 1 aliphatic rings. The van der Waals surface area contributed by atoms with E-state index in [0.29, 0.717) is 53.8 Å². The van der Waals surface area contributed by atoms with Crippen molar-refractivity contribution in [2.45, 2.75) is 76.9 Å². The highest BCUT2D eigenvalue weighted by atomic mass is 32.5. The monoisotopic (exact) mass is 479 g/mol. The Morgan fingerprint density at radius 3 is 2.12 bits per heavy atom. The Hall–Kier alpha value is -1.71. The summed E-state index contributed by atoms with van der Waals surface area (Å²) in [7, 11) is -9.80. The predicted molar refractivity (Wildman–Crippen MR) is 117 cm³/mol. The second-order valence-electron chi connectivity index (χ2n) is 9.76. The molecule has 0 saturated carbocycles. The van der Waals surface area contributed by atoms with Gasteiger partial charge < -0.3 is 10.2 Å². The summed E-state index contributed by atoms with van der Waals surface area (Å²) in [6.45, 7) is 9.76. The predicted octanol–water partition coefficient (Wildman–Crippen LogP) is 7.51. The van der Waals surface area contributed by atoms with E-state index in [0.717, 1.165) is 17.8 Å². The van der Waals surface area contributed by atoms with Gasteiger partial charge in [0.1, 0.15) is 11.0 Å². The smallest absolute Gasteiger partial charge is 0.310 e. The molecule has 0 fully saturated rings. The van der Waals surface area contributed by atoms with E-state index in [-0.39, 0.29) is 16.9 Å². The Bertz CT molecular complexity index is 1030. The summed E-state index contributed by atoms with van der Waals surface area (Å²) in [5, 5.41) is 22.0. The third kappa shape index (κ3) is 4.79. The number of pyridine rings is 1. The van der Waals surface area contributed by atoms with Crippen molar-refractivity contribution in [3.8, 4) is 0 Å². The topological polar surface area (TPSA) is 53.4 Å². The maximum absolute atomic E-state index is 13.1. The van der Waals surface area contributed by atoms with Gasteiger partial charge in [-0.05, 0) is 53.9 Å². The van der Waals surface area contributed by atoms with Crippen LogP contribution in [0.1, 0.15) is 92.8 Å². The minimum Gasteiger partial charge on any atom is -0.388 e. The van der Waals surface area contributed by atoms with E-state index >= 15 is 0 Å². The molecular weight excluding hydrogens is 449 g/mol. The average molecular weight is 480 g/mol. The van der Waals surface area contributed by atoms with Crippen molar-refractivity contribution in [2.24, 2.45) is 5.41 Å². The molecule has 1 aromatic heterocycles. The summed E-state index contributed by atoms with van der Waals surface area (Å²) in [6, 6.07) is 2.37. The fourth-order valence-electron chi connectivity index (χ4n) is 4.62. The zero-order valence-corrected chi connectivity index (χ0v) is 19.6. The fraction of sp³-hybridized carbons (Fsp3) is 0.522. The van der Waals surface area contributed by atoms with Crippen LogP contribution in [0.25, 0.3) is 0 Å². The number of aromatic nitrogens is 1. The third-order valence-corrected chi connectivity index (χ3v) is 7.20. The van der Waals surface area contributed by atoms with Crippen LogP contribution in [-0.4, -0.2) is 15.2 Å². The van der Waals surface area contributed by atoms with Gasteiger partial charge >= 0.3 is 10.2 Å². The van der Waals surface area contributed by atoms with Crippen molar-refractivity contribution in [1.29, 1.82) is 0 Å². The van der Waals surface area contributed by atoms with E-state index < -0.39 is 27.3 Å². The van der Waals surface area contributed by atoms with Crippen molar-refractivity contribution in [2.75, 3.05) is 0 Å². The normalized spacial score (nSPS) is 21.6. The molecule has 2 N–H and O–H groups in total. The van der Waals surface area contributed by atoms with Gasteiger partial charge in [-0.15, -0.1) is 0 Å². The molecule has 3 nitrogen and oxygen atoms in total. The molecule has 0 radical (unpaired) electrons. The summed E-state index contributed by atoms with van der Waals surface area (Å²) in [6.07, 6.45) is -0.503. The quantitative estimate of drug-likeness (QED) is 0.436. The SMILES string of the molecule is CCc1c2c(nc(C(C)C)c1C(O)c1ccc(S(F)(F)(F)(F)F)cc1)CC(C)(C)CC2O. The standard InChI is InChI=1S/C23H30F5NO2S/c1-6-16-19-17(11-23(4,5)12-18(19)30)29-21(13(2)3)20(16)22(31)14-7-9-15(10-8-14)32(24,25,26,27)28/h7-10,13,18,22,30-31H,6,11-12H2,1-5H3. The third-order valence-electron chi connectivity index (χ3n) is 6.03. The van der Waals surface area contributed by atoms with Crippen molar-refractivity contribution in [3.05, 3.63) is 57.9 Å². The van der Waals surface area contributed by atoms with Gasteiger partial charge in [-0.3, -0.25) is 4.98 Å². The number of aliphatic hydroxyl groups is 2. The first-order valence-corrected chi connectivity index (χ1v) is 12.6. The average Bonchev–Trinajstić information content (AvgIpc) is 2.63. The van der Waals surface area contributed by atoms with Crippen molar-refractivity contribution < 1.29 is 29.6 Å². The van der Waals surface area contributed by atoms with Gasteiger partial charge in [0.05, 0.1) is 6.10 Å². The van der Waals surface area contributed by atoms with Crippen LogP contribution in [0.2, 0.25) is 0 Å². The molecule has 0 amide bonds. The summed E-state index contributed by atoms with van der Waals surface area (Å²) < 4.78 is 65.4. The van der Waals surface area contributed by atoms with Crippen molar-refractivity contribution >= 4 is 10.2 Å². The van der Waals surface area contributed by atoms with Crippen LogP contribution in [0.5, 0.6) is 0 Å². The van der Waals surface area contributed by atoms with Gasteiger partial charge in [0, 0.05) is 22.5 Å². The molecule has 0 saturated heterocycles. The number of nitrogens with zero attached hydrogens (tertiary/aromatic N) is 1. The number of benzene rings is 1. The first-order chi connectivity index (χ1) is 14.3. The zero-order valence-electron chi connectivity index (χ0n) is 18.8. The minimum absolute atomic E-state index is 0.0552. The lowest BCUT2D eigenvalue weighted by molar-refractivity contribution is 0.0965. The number of halogens is 5. The molecule has 0 spiro atoms. The Kier molecular flexibility index (Phi) is 5.56.